The summed E-state index contributed by atoms with van der Waals surface area (Å²) in [5.74, 6) is -0.651. The van der Waals surface area contributed by atoms with E-state index in [2.05, 4.69) is 10.3 Å². The lowest BCUT2D eigenvalue weighted by Gasteiger charge is -2.11. The van der Waals surface area contributed by atoms with Crippen LogP contribution in [0.4, 0.5) is 0 Å². The van der Waals surface area contributed by atoms with Gasteiger partial charge in [-0.25, -0.2) is 9.78 Å². The van der Waals surface area contributed by atoms with E-state index in [-0.39, 0.29) is 24.8 Å². The highest BCUT2D eigenvalue weighted by atomic mass is 32.1. The largest absolute Gasteiger partial charge is 0.483 e. The number of hydrogen-bond acceptors (Lipinski definition) is 5. The summed E-state index contributed by atoms with van der Waals surface area (Å²) in [7, 11) is 0. The number of carbonyl (C=O) groups is 2. The molecular weight excluding hydrogens is 304 g/mol. The lowest BCUT2D eigenvalue weighted by molar-refractivity contribution is -0.123. The van der Waals surface area contributed by atoms with Crippen LogP contribution in [0.3, 0.4) is 0 Å². The number of carboxylic acids is 1. The van der Waals surface area contributed by atoms with Crippen LogP contribution < -0.4 is 10.1 Å². The SMILES string of the molecule is Cc1cccc(C)c1OCC(=O)NCc1nc(C(=O)O)cs1. The lowest BCUT2D eigenvalue weighted by atomic mass is 10.1. The number of nitrogens with one attached hydrogen (secondary N) is 1. The summed E-state index contributed by atoms with van der Waals surface area (Å²) in [6.07, 6.45) is 0. The molecule has 22 heavy (non-hydrogen) atoms. The van der Waals surface area contributed by atoms with E-state index < -0.39 is 5.97 Å². The van der Waals surface area contributed by atoms with Crippen LogP contribution in [0, 0.1) is 13.8 Å². The summed E-state index contributed by atoms with van der Waals surface area (Å²) >= 11 is 1.19. The van der Waals surface area contributed by atoms with E-state index in [0.29, 0.717) is 10.8 Å². The minimum atomic E-state index is -1.08. The van der Waals surface area contributed by atoms with Gasteiger partial charge >= 0.3 is 5.97 Å². The Kier molecular flexibility index (Phi) is 5.11. The zero-order valence-electron chi connectivity index (χ0n) is 12.3. The molecule has 6 nitrogen and oxygen atoms in total. The Balaban J connectivity index is 1.84. The molecule has 0 aliphatic carbocycles. The molecule has 2 rings (SSSR count). The molecule has 7 heteroatoms. The van der Waals surface area contributed by atoms with Crippen molar-refractivity contribution in [2.45, 2.75) is 20.4 Å². The Bertz CT molecular complexity index is 676. The second-order valence-corrected chi connectivity index (χ2v) is 5.66. The monoisotopic (exact) mass is 320 g/mol. The van der Waals surface area contributed by atoms with Crippen LogP contribution in [0.15, 0.2) is 23.6 Å². The van der Waals surface area contributed by atoms with Crippen molar-refractivity contribution in [2.75, 3.05) is 6.61 Å². The fourth-order valence-corrected chi connectivity index (χ4v) is 2.59. The van der Waals surface area contributed by atoms with E-state index in [1.54, 1.807) is 0 Å². The zero-order chi connectivity index (χ0) is 16.1. The standard InChI is InChI=1S/C15H16N2O4S/c1-9-4-3-5-10(2)14(9)21-7-12(18)16-6-13-17-11(8-22-13)15(19)20/h3-5,8H,6-7H2,1-2H3,(H,16,18)(H,19,20). The van der Waals surface area contributed by atoms with Crippen molar-refractivity contribution < 1.29 is 19.4 Å². The quantitative estimate of drug-likeness (QED) is 0.851. The van der Waals surface area contributed by atoms with Crippen molar-refractivity contribution in [1.29, 1.82) is 0 Å². The van der Waals surface area contributed by atoms with Crippen molar-refractivity contribution in [2.24, 2.45) is 0 Å². The van der Waals surface area contributed by atoms with Gasteiger partial charge in [-0.2, -0.15) is 0 Å². The third kappa shape index (κ3) is 4.05. The topological polar surface area (TPSA) is 88.5 Å². The van der Waals surface area contributed by atoms with Crippen molar-refractivity contribution in [3.05, 3.63) is 45.4 Å². The van der Waals surface area contributed by atoms with Gasteiger partial charge < -0.3 is 15.2 Å². The molecule has 2 N–H and O–H groups in total. The second kappa shape index (κ2) is 7.04. The second-order valence-electron chi connectivity index (χ2n) is 4.72. The normalized spacial score (nSPS) is 10.3. The number of carboxylic acid groups (broad SMARTS) is 1. The molecule has 0 spiro atoms. The van der Waals surface area contributed by atoms with Crippen molar-refractivity contribution in [3.63, 3.8) is 0 Å². The molecule has 0 bridgehead atoms. The highest BCUT2D eigenvalue weighted by Gasteiger charge is 2.10. The van der Waals surface area contributed by atoms with Crippen LogP contribution >= 0.6 is 11.3 Å². The third-order valence-corrected chi connectivity index (χ3v) is 3.81. The highest BCUT2D eigenvalue weighted by Crippen LogP contribution is 2.22. The molecule has 0 aliphatic rings. The van der Waals surface area contributed by atoms with Gasteiger partial charge in [0.2, 0.25) is 0 Å². The van der Waals surface area contributed by atoms with Crippen molar-refractivity contribution in [3.8, 4) is 5.75 Å². The molecule has 1 amide bonds. The maximum atomic E-state index is 11.8. The summed E-state index contributed by atoms with van der Waals surface area (Å²) in [6, 6.07) is 5.77. The number of aryl methyl sites for hydroxylation is 2. The first-order valence-corrected chi connectivity index (χ1v) is 7.48. The number of thiazole rings is 1. The molecular formula is C15H16N2O4S. The first-order chi connectivity index (χ1) is 10.5. The Morgan fingerprint density at radius 1 is 1.32 bits per heavy atom. The number of aromatic carboxylic acids is 1. The van der Waals surface area contributed by atoms with E-state index in [1.807, 2.05) is 32.0 Å². The van der Waals surface area contributed by atoms with Gasteiger partial charge in [0.15, 0.2) is 12.3 Å². The molecule has 0 saturated carbocycles. The fraction of sp³-hybridized carbons (Fsp3) is 0.267. The first kappa shape index (κ1) is 16.0. The van der Waals surface area contributed by atoms with Crippen LogP contribution in [-0.2, 0) is 11.3 Å². The van der Waals surface area contributed by atoms with Gasteiger partial charge in [-0.1, -0.05) is 18.2 Å². The van der Waals surface area contributed by atoms with Gasteiger partial charge in [-0.05, 0) is 25.0 Å². The smallest absolute Gasteiger partial charge is 0.355 e. The summed E-state index contributed by atoms with van der Waals surface area (Å²) in [6.45, 7) is 3.93. The van der Waals surface area contributed by atoms with Crippen LogP contribution in [-0.4, -0.2) is 28.6 Å². The third-order valence-electron chi connectivity index (χ3n) is 2.96. The van der Waals surface area contributed by atoms with Crippen molar-refractivity contribution >= 4 is 23.2 Å². The predicted octanol–water partition coefficient (Wildman–Crippen LogP) is 2.15. The van der Waals surface area contributed by atoms with Gasteiger partial charge in [-0.15, -0.1) is 11.3 Å². The lowest BCUT2D eigenvalue weighted by Crippen LogP contribution is -2.28. The summed E-state index contributed by atoms with van der Waals surface area (Å²) < 4.78 is 5.54. The average molecular weight is 320 g/mol. The van der Waals surface area contributed by atoms with E-state index >= 15 is 0 Å². The number of aromatic nitrogens is 1. The molecule has 0 aliphatic heterocycles. The molecule has 0 radical (unpaired) electrons. The number of para-hydroxylation sites is 1. The molecule has 0 fully saturated rings. The van der Waals surface area contributed by atoms with Gasteiger partial charge in [0.05, 0.1) is 6.54 Å². The van der Waals surface area contributed by atoms with Gasteiger partial charge in [0.25, 0.3) is 5.91 Å². The Morgan fingerprint density at radius 3 is 2.59 bits per heavy atom. The molecule has 1 heterocycles. The zero-order valence-corrected chi connectivity index (χ0v) is 13.1. The average Bonchev–Trinajstić information content (AvgIpc) is 2.93. The van der Waals surface area contributed by atoms with Gasteiger partial charge in [0.1, 0.15) is 10.8 Å². The summed E-state index contributed by atoms with van der Waals surface area (Å²) in [4.78, 5) is 26.4. The summed E-state index contributed by atoms with van der Waals surface area (Å²) in [5, 5.41) is 13.4. The Morgan fingerprint density at radius 2 is 2.00 bits per heavy atom. The van der Waals surface area contributed by atoms with Crippen LogP contribution in [0.5, 0.6) is 5.75 Å². The number of amides is 1. The summed E-state index contributed by atoms with van der Waals surface area (Å²) in [5.41, 5.74) is 1.93. The van der Waals surface area contributed by atoms with Gasteiger partial charge in [-0.3, -0.25) is 4.79 Å². The van der Waals surface area contributed by atoms with Crippen LogP contribution in [0.2, 0.25) is 0 Å². The van der Waals surface area contributed by atoms with E-state index in [0.717, 1.165) is 11.1 Å². The minimum Gasteiger partial charge on any atom is -0.483 e. The van der Waals surface area contributed by atoms with Crippen LogP contribution in [0.1, 0.15) is 26.6 Å². The van der Waals surface area contributed by atoms with Gasteiger partial charge in [0, 0.05) is 5.38 Å². The first-order valence-electron chi connectivity index (χ1n) is 6.61. The fourth-order valence-electron chi connectivity index (χ4n) is 1.88. The number of nitrogens with zero attached hydrogens (tertiary/aromatic N) is 1. The number of benzene rings is 1. The molecule has 0 unspecified atom stereocenters. The number of ether oxygens (including phenoxy) is 1. The number of carbonyl (C=O) groups excluding carboxylic acids is 1. The molecule has 2 aromatic rings. The number of rotatable bonds is 6. The van der Waals surface area contributed by atoms with Crippen LogP contribution in [0.25, 0.3) is 0 Å². The minimum absolute atomic E-state index is 0.0129. The maximum absolute atomic E-state index is 11.8. The number of hydrogen-bond donors (Lipinski definition) is 2. The van der Waals surface area contributed by atoms with E-state index in [1.165, 1.54) is 16.7 Å². The van der Waals surface area contributed by atoms with E-state index in [4.69, 9.17) is 9.84 Å². The van der Waals surface area contributed by atoms with E-state index in [9.17, 15) is 9.59 Å². The Labute approximate surface area is 131 Å². The molecule has 1 aromatic carbocycles. The maximum Gasteiger partial charge on any atom is 0.355 e. The Hall–Kier alpha value is -2.41. The highest BCUT2D eigenvalue weighted by molar-refractivity contribution is 7.09. The molecule has 0 saturated heterocycles. The molecule has 0 atom stereocenters. The van der Waals surface area contributed by atoms with Crippen molar-refractivity contribution in [1.82, 2.24) is 10.3 Å². The molecule has 116 valence electrons. The predicted molar refractivity (Wildman–Crippen MR) is 82.3 cm³/mol. The molecule has 1 aromatic heterocycles.